The van der Waals surface area contributed by atoms with Crippen LogP contribution in [0.4, 0.5) is 0 Å². The lowest BCUT2D eigenvalue weighted by Gasteiger charge is -2.41. The molecule has 0 amide bonds. The molecule has 0 saturated carbocycles. The van der Waals surface area contributed by atoms with Crippen molar-refractivity contribution in [1.82, 2.24) is 0 Å². The summed E-state index contributed by atoms with van der Waals surface area (Å²) >= 11 is 0. The Morgan fingerprint density at radius 1 is 1.55 bits per heavy atom. The summed E-state index contributed by atoms with van der Waals surface area (Å²) in [7, 11) is -3.90. The maximum absolute atomic E-state index is 10.7. The van der Waals surface area contributed by atoms with Crippen LogP contribution in [0.3, 0.4) is 0 Å². The van der Waals surface area contributed by atoms with Crippen LogP contribution in [0.2, 0.25) is 0 Å². The number of hydrogen-bond donors (Lipinski definition) is 1. The summed E-state index contributed by atoms with van der Waals surface area (Å²) in [5.74, 6) is 0. The van der Waals surface area contributed by atoms with Gasteiger partial charge in [0.1, 0.15) is 0 Å². The number of ether oxygens (including phenoxy) is 1. The van der Waals surface area contributed by atoms with Crippen LogP contribution >= 0.6 is 0 Å². The van der Waals surface area contributed by atoms with Gasteiger partial charge in [0.2, 0.25) is 0 Å². The van der Waals surface area contributed by atoms with E-state index in [-0.39, 0.29) is 0 Å². The molecule has 0 spiro atoms. The van der Waals surface area contributed by atoms with Gasteiger partial charge in [-0.1, -0.05) is 6.92 Å². The van der Waals surface area contributed by atoms with Gasteiger partial charge in [-0.3, -0.25) is 4.55 Å². The Morgan fingerprint density at radius 2 is 2.00 bits per heavy atom. The molecule has 1 aliphatic rings. The van der Waals surface area contributed by atoms with Crippen LogP contribution in [-0.2, 0) is 14.9 Å². The summed E-state index contributed by atoms with van der Waals surface area (Å²) < 4.78 is 34.9. The Bertz CT molecular complexity index is 239. The lowest BCUT2D eigenvalue weighted by Crippen LogP contribution is -2.50. The highest BCUT2D eigenvalue weighted by molar-refractivity contribution is 7.86. The third-order valence-corrected chi connectivity index (χ3v) is 3.75. The molecule has 11 heavy (non-hydrogen) atoms. The van der Waals surface area contributed by atoms with Crippen molar-refractivity contribution < 1.29 is 17.7 Å². The van der Waals surface area contributed by atoms with Crippen LogP contribution in [0.1, 0.15) is 13.8 Å². The molecular formula is C6H12O4S. The summed E-state index contributed by atoms with van der Waals surface area (Å²) in [5, 5.41) is -0.733. The summed E-state index contributed by atoms with van der Waals surface area (Å²) in [6.07, 6.45) is 0. The zero-order valence-corrected chi connectivity index (χ0v) is 7.39. The van der Waals surface area contributed by atoms with Gasteiger partial charge in [0.15, 0.2) is 0 Å². The lowest BCUT2D eigenvalue weighted by molar-refractivity contribution is -0.101. The molecule has 1 rings (SSSR count). The summed E-state index contributed by atoms with van der Waals surface area (Å²) in [6.45, 7) is 4.11. The molecular weight excluding hydrogens is 168 g/mol. The minimum Gasteiger partial charge on any atom is -0.380 e. The second-order valence-corrected chi connectivity index (χ2v) is 5.04. The van der Waals surface area contributed by atoms with Crippen LogP contribution in [0, 0.1) is 5.41 Å². The number of rotatable bonds is 2. The van der Waals surface area contributed by atoms with Crippen LogP contribution < -0.4 is 0 Å². The average molecular weight is 180 g/mol. The molecule has 0 aromatic carbocycles. The van der Waals surface area contributed by atoms with Gasteiger partial charge < -0.3 is 4.74 Å². The van der Waals surface area contributed by atoms with Gasteiger partial charge >= 0.3 is 0 Å². The predicted molar refractivity (Wildman–Crippen MR) is 39.9 cm³/mol. The Hall–Kier alpha value is -0.130. The molecule has 0 aromatic heterocycles. The van der Waals surface area contributed by atoms with Crippen molar-refractivity contribution in [2.45, 2.75) is 19.1 Å². The van der Waals surface area contributed by atoms with Gasteiger partial charge in [-0.15, -0.1) is 0 Å². The van der Waals surface area contributed by atoms with Crippen molar-refractivity contribution in [3.8, 4) is 0 Å². The Morgan fingerprint density at radius 3 is 2.09 bits per heavy atom. The predicted octanol–water partition coefficient (Wildman–Crippen LogP) is 0.299. The first-order valence-corrected chi connectivity index (χ1v) is 4.91. The molecule has 1 unspecified atom stereocenters. The van der Waals surface area contributed by atoms with E-state index in [1.165, 1.54) is 6.92 Å². The van der Waals surface area contributed by atoms with Crippen molar-refractivity contribution in [1.29, 1.82) is 0 Å². The lowest BCUT2D eigenvalue weighted by atomic mass is 9.85. The van der Waals surface area contributed by atoms with E-state index in [0.29, 0.717) is 13.2 Å². The van der Waals surface area contributed by atoms with Gasteiger partial charge in [-0.2, -0.15) is 8.42 Å². The standard InChI is InChI=1S/C6H12O4S/c1-5(11(7,8)9)6(2)3-10-4-6/h5H,3-4H2,1-2H3,(H,7,8,9). The fraction of sp³-hybridized carbons (Fsp3) is 1.00. The summed E-state index contributed by atoms with van der Waals surface area (Å²) in [5.41, 5.74) is -0.395. The van der Waals surface area contributed by atoms with E-state index in [1.54, 1.807) is 6.92 Å². The second kappa shape index (κ2) is 2.43. The fourth-order valence-electron chi connectivity index (χ4n) is 1.02. The minimum atomic E-state index is -3.90. The van der Waals surface area contributed by atoms with Gasteiger partial charge in [0.25, 0.3) is 10.1 Å². The fourth-order valence-corrected chi connectivity index (χ4v) is 1.87. The highest BCUT2D eigenvalue weighted by Gasteiger charge is 2.44. The topological polar surface area (TPSA) is 63.6 Å². The zero-order chi connectivity index (χ0) is 8.70. The molecule has 1 aliphatic heterocycles. The first-order valence-electron chi connectivity index (χ1n) is 3.40. The van der Waals surface area contributed by atoms with E-state index < -0.39 is 20.8 Å². The molecule has 0 radical (unpaired) electrons. The van der Waals surface area contributed by atoms with E-state index in [9.17, 15) is 8.42 Å². The Labute approximate surface area is 66.3 Å². The van der Waals surface area contributed by atoms with E-state index in [4.69, 9.17) is 9.29 Å². The molecule has 0 bridgehead atoms. The largest absolute Gasteiger partial charge is 0.380 e. The summed E-state index contributed by atoms with van der Waals surface area (Å²) in [4.78, 5) is 0. The Balaban J connectivity index is 2.76. The third kappa shape index (κ3) is 1.55. The maximum Gasteiger partial charge on any atom is 0.268 e. The average Bonchev–Trinajstić information content (AvgIpc) is 1.79. The molecule has 1 saturated heterocycles. The number of hydrogen-bond acceptors (Lipinski definition) is 3. The van der Waals surface area contributed by atoms with E-state index >= 15 is 0 Å². The molecule has 1 atom stereocenters. The van der Waals surface area contributed by atoms with Crippen molar-refractivity contribution in [2.24, 2.45) is 5.41 Å². The summed E-state index contributed by atoms with van der Waals surface area (Å²) in [6, 6.07) is 0. The second-order valence-electron chi connectivity index (χ2n) is 3.30. The van der Waals surface area contributed by atoms with Crippen molar-refractivity contribution in [3.63, 3.8) is 0 Å². The van der Waals surface area contributed by atoms with Gasteiger partial charge in [-0.25, -0.2) is 0 Å². The van der Waals surface area contributed by atoms with Crippen LogP contribution in [0.25, 0.3) is 0 Å². The van der Waals surface area contributed by atoms with Crippen molar-refractivity contribution in [2.75, 3.05) is 13.2 Å². The highest BCUT2D eigenvalue weighted by Crippen LogP contribution is 2.33. The van der Waals surface area contributed by atoms with Crippen LogP contribution in [0.5, 0.6) is 0 Å². The normalized spacial score (nSPS) is 25.7. The van der Waals surface area contributed by atoms with Crippen LogP contribution in [-0.4, -0.2) is 31.4 Å². The molecule has 1 heterocycles. The molecule has 4 nitrogen and oxygen atoms in total. The van der Waals surface area contributed by atoms with Gasteiger partial charge in [0, 0.05) is 5.41 Å². The SMILES string of the molecule is CC(C1(C)COC1)S(=O)(=O)O. The Kier molecular flexibility index (Phi) is 1.98. The first kappa shape index (κ1) is 8.96. The molecule has 66 valence electrons. The highest BCUT2D eigenvalue weighted by atomic mass is 32.2. The van der Waals surface area contributed by atoms with E-state index in [2.05, 4.69) is 0 Å². The van der Waals surface area contributed by atoms with E-state index in [1.807, 2.05) is 0 Å². The molecule has 1 N–H and O–H groups in total. The van der Waals surface area contributed by atoms with E-state index in [0.717, 1.165) is 0 Å². The molecule has 0 aromatic rings. The monoisotopic (exact) mass is 180 g/mol. The third-order valence-electron chi connectivity index (χ3n) is 2.29. The quantitative estimate of drug-likeness (QED) is 0.621. The zero-order valence-electron chi connectivity index (χ0n) is 6.57. The van der Waals surface area contributed by atoms with Gasteiger partial charge in [-0.05, 0) is 6.92 Å². The van der Waals surface area contributed by atoms with Crippen LogP contribution in [0.15, 0.2) is 0 Å². The van der Waals surface area contributed by atoms with Crippen molar-refractivity contribution >= 4 is 10.1 Å². The minimum absolute atomic E-state index is 0.395. The van der Waals surface area contributed by atoms with Crippen molar-refractivity contribution in [3.05, 3.63) is 0 Å². The molecule has 5 heteroatoms. The maximum atomic E-state index is 10.7. The molecule has 1 fully saturated rings. The molecule has 0 aliphatic carbocycles. The first-order chi connectivity index (χ1) is 4.86. The smallest absolute Gasteiger partial charge is 0.268 e. The van der Waals surface area contributed by atoms with Gasteiger partial charge in [0.05, 0.1) is 18.5 Å².